The maximum atomic E-state index is 5.71. The standard InChI is InChI=1S/C16H24N4S/c1-4-20-15(9-13(3)19-20)10-14(18-17)11-21-16-7-5-12(2)6-8-16/h5-9,14,18H,4,10-11,17H2,1-3H3. The Morgan fingerprint density at radius 2 is 2.00 bits per heavy atom. The molecule has 0 bridgehead atoms. The Balaban J connectivity index is 1.95. The van der Waals surface area contributed by atoms with Gasteiger partial charge in [-0.25, -0.2) is 0 Å². The number of hydrogen-bond donors (Lipinski definition) is 2. The largest absolute Gasteiger partial charge is 0.271 e. The van der Waals surface area contributed by atoms with E-state index in [0.29, 0.717) is 0 Å². The van der Waals surface area contributed by atoms with Crippen LogP contribution < -0.4 is 11.3 Å². The van der Waals surface area contributed by atoms with Gasteiger partial charge in [0.1, 0.15) is 0 Å². The van der Waals surface area contributed by atoms with Gasteiger partial charge in [0, 0.05) is 35.3 Å². The Bertz CT molecular complexity index is 562. The zero-order valence-electron chi connectivity index (χ0n) is 13.0. The highest BCUT2D eigenvalue weighted by molar-refractivity contribution is 7.99. The lowest BCUT2D eigenvalue weighted by Gasteiger charge is -2.16. The van der Waals surface area contributed by atoms with Gasteiger partial charge < -0.3 is 0 Å². The minimum atomic E-state index is 0.234. The normalized spacial score (nSPS) is 12.6. The molecule has 0 aliphatic heterocycles. The first-order valence-electron chi connectivity index (χ1n) is 7.31. The summed E-state index contributed by atoms with van der Waals surface area (Å²) in [5.74, 6) is 6.65. The van der Waals surface area contributed by atoms with Crippen LogP contribution in [0.5, 0.6) is 0 Å². The van der Waals surface area contributed by atoms with Crippen LogP contribution in [-0.2, 0) is 13.0 Å². The Kier molecular flexibility index (Phi) is 5.85. The lowest BCUT2D eigenvalue weighted by molar-refractivity contribution is 0.534. The monoisotopic (exact) mass is 304 g/mol. The maximum absolute atomic E-state index is 5.71. The van der Waals surface area contributed by atoms with E-state index in [1.807, 2.05) is 18.7 Å². The quantitative estimate of drug-likeness (QED) is 0.469. The molecule has 1 aromatic carbocycles. The minimum Gasteiger partial charge on any atom is -0.271 e. The number of nitrogens with zero attached hydrogens (tertiary/aromatic N) is 2. The number of thioether (sulfide) groups is 1. The fourth-order valence-corrected chi connectivity index (χ4v) is 3.22. The third-order valence-electron chi connectivity index (χ3n) is 3.45. The summed E-state index contributed by atoms with van der Waals surface area (Å²) in [6.07, 6.45) is 0.893. The van der Waals surface area contributed by atoms with Gasteiger partial charge in [-0.3, -0.25) is 16.0 Å². The van der Waals surface area contributed by atoms with Crippen LogP contribution in [0.15, 0.2) is 35.2 Å². The average molecular weight is 304 g/mol. The number of hydrazine groups is 1. The van der Waals surface area contributed by atoms with Gasteiger partial charge in [0.05, 0.1) is 5.69 Å². The van der Waals surface area contributed by atoms with Gasteiger partial charge in [0.15, 0.2) is 0 Å². The molecule has 114 valence electrons. The highest BCUT2D eigenvalue weighted by Crippen LogP contribution is 2.20. The summed E-state index contributed by atoms with van der Waals surface area (Å²) in [5, 5.41) is 4.49. The number of rotatable bonds is 7. The van der Waals surface area contributed by atoms with Gasteiger partial charge in [0.2, 0.25) is 0 Å². The van der Waals surface area contributed by atoms with Gasteiger partial charge >= 0.3 is 0 Å². The van der Waals surface area contributed by atoms with E-state index in [4.69, 9.17) is 5.84 Å². The first kappa shape index (κ1) is 16.1. The molecule has 0 saturated carbocycles. The zero-order valence-corrected chi connectivity index (χ0v) is 13.8. The van der Waals surface area contributed by atoms with E-state index in [-0.39, 0.29) is 6.04 Å². The number of benzene rings is 1. The van der Waals surface area contributed by atoms with Crippen LogP contribution in [0.3, 0.4) is 0 Å². The van der Waals surface area contributed by atoms with E-state index in [1.54, 1.807) is 0 Å². The number of hydrogen-bond acceptors (Lipinski definition) is 4. The molecule has 0 amide bonds. The minimum absolute atomic E-state index is 0.234. The first-order valence-corrected chi connectivity index (χ1v) is 8.30. The Morgan fingerprint density at radius 1 is 1.29 bits per heavy atom. The molecule has 1 atom stereocenters. The topological polar surface area (TPSA) is 55.9 Å². The molecule has 0 aliphatic rings. The number of nitrogens with one attached hydrogen (secondary N) is 1. The second-order valence-corrected chi connectivity index (χ2v) is 6.38. The van der Waals surface area contributed by atoms with E-state index in [0.717, 1.165) is 24.4 Å². The molecule has 0 saturated heterocycles. The second kappa shape index (κ2) is 7.64. The van der Waals surface area contributed by atoms with Crippen LogP contribution in [0.25, 0.3) is 0 Å². The molecular weight excluding hydrogens is 280 g/mol. The van der Waals surface area contributed by atoms with E-state index < -0.39 is 0 Å². The van der Waals surface area contributed by atoms with Crippen molar-refractivity contribution in [3.63, 3.8) is 0 Å². The third kappa shape index (κ3) is 4.59. The van der Waals surface area contributed by atoms with Crippen molar-refractivity contribution in [3.05, 3.63) is 47.3 Å². The summed E-state index contributed by atoms with van der Waals surface area (Å²) in [4.78, 5) is 1.28. The second-order valence-electron chi connectivity index (χ2n) is 5.28. The Labute approximate surface area is 131 Å². The first-order chi connectivity index (χ1) is 10.1. The molecule has 1 aromatic heterocycles. The van der Waals surface area contributed by atoms with Crippen molar-refractivity contribution in [3.8, 4) is 0 Å². The summed E-state index contributed by atoms with van der Waals surface area (Å²) in [6, 6.07) is 11.0. The molecule has 5 heteroatoms. The smallest absolute Gasteiger partial charge is 0.0596 e. The summed E-state index contributed by atoms with van der Waals surface area (Å²) >= 11 is 1.83. The fraction of sp³-hybridized carbons (Fsp3) is 0.438. The predicted molar refractivity (Wildman–Crippen MR) is 89.4 cm³/mol. The van der Waals surface area contributed by atoms with Crippen LogP contribution in [0.1, 0.15) is 23.9 Å². The van der Waals surface area contributed by atoms with Crippen molar-refractivity contribution in [1.82, 2.24) is 15.2 Å². The molecule has 0 spiro atoms. The van der Waals surface area contributed by atoms with E-state index in [2.05, 4.69) is 59.4 Å². The molecule has 0 fully saturated rings. The summed E-state index contributed by atoms with van der Waals surface area (Å²) < 4.78 is 2.05. The average Bonchev–Trinajstić information content (AvgIpc) is 2.85. The van der Waals surface area contributed by atoms with Crippen molar-refractivity contribution < 1.29 is 0 Å². The highest BCUT2D eigenvalue weighted by atomic mass is 32.2. The van der Waals surface area contributed by atoms with Crippen molar-refractivity contribution >= 4 is 11.8 Å². The summed E-state index contributed by atoms with van der Waals surface area (Å²) in [5.41, 5.74) is 6.52. The molecule has 1 heterocycles. The molecule has 4 nitrogen and oxygen atoms in total. The lowest BCUT2D eigenvalue weighted by Crippen LogP contribution is -2.39. The van der Waals surface area contributed by atoms with Gasteiger partial charge in [0.25, 0.3) is 0 Å². The molecular formula is C16H24N4S. The van der Waals surface area contributed by atoms with Gasteiger partial charge in [-0.1, -0.05) is 17.7 Å². The van der Waals surface area contributed by atoms with Crippen LogP contribution in [0, 0.1) is 13.8 Å². The summed E-state index contributed by atoms with van der Waals surface area (Å²) in [6.45, 7) is 7.14. The number of nitrogens with two attached hydrogens (primary N) is 1. The van der Waals surface area contributed by atoms with E-state index in [9.17, 15) is 0 Å². The number of aryl methyl sites for hydroxylation is 3. The van der Waals surface area contributed by atoms with E-state index >= 15 is 0 Å². The van der Waals surface area contributed by atoms with Crippen molar-refractivity contribution in [2.24, 2.45) is 5.84 Å². The molecule has 3 N–H and O–H groups in total. The predicted octanol–water partition coefficient (Wildman–Crippen LogP) is 2.69. The van der Waals surface area contributed by atoms with Crippen LogP contribution in [0.2, 0.25) is 0 Å². The van der Waals surface area contributed by atoms with Gasteiger partial charge in [-0.15, -0.1) is 11.8 Å². The lowest BCUT2D eigenvalue weighted by atomic mass is 10.2. The number of aromatic nitrogens is 2. The van der Waals surface area contributed by atoms with Crippen molar-refractivity contribution in [1.29, 1.82) is 0 Å². The molecule has 0 radical (unpaired) electrons. The Morgan fingerprint density at radius 3 is 2.62 bits per heavy atom. The van der Waals surface area contributed by atoms with Crippen molar-refractivity contribution in [2.45, 2.75) is 44.7 Å². The highest BCUT2D eigenvalue weighted by Gasteiger charge is 2.12. The molecule has 2 rings (SSSR count). The fourth-order valence-electron chi connectivity index (χ4n) is 2.29. The SMILES string of the molecule is CCn1nc(C)cc1CC(CSc1ccc(C)cc1)NN. The molecule has 0 aliphatic carbocycles. The Hall–Kier alpha value is -1.30. The molecule has 2 aromatic rings. The van der Waals surface area contributed by atoms with Crippen LogP contribution in [-0.4, -0.2) is 21.6 Å². The summed E-state index contributed by atoms with van der Waals surface area (Å²) in [7, 11) is 0. The zero-order chi connectivity index (χ0) is 15.2. The van der Waals surface area contributed by atoms with Gasteiger partial charge in [-0.05, 0) is 39.0 Å². The van der Waals surface area contributed by atoms with Crippen LogP contribution in [0.4, 0.5) is 0 Å². The van der Waals surface area contributed by atoms with E-state index in [1.165, 1.54) is 16.2 Å². The van der Waals surface area contributed by atoms with Crippen LogP contribution >= 0.6 is 11.8 Å². The maximum Gasteiger partial charge on any atom is 0.0596 e. The third-order valence-corrected chi connectivity index (χ3v) is 4.62. The van der Waals surface area contributed by atoms with Crippen molar-refractivity contribution in [2.75, 3.05) is 5.75 Å². The molecule has 1 unspecified atom stereocenters. The van der Waals surface area contributed by atoms with Gasteiger partial charge in [-0.2, -0.15) is 5.10 Å². The molecule has 21 heavy (non-hydrogen) atoms.